The Kier molecular flexibility index (Phi) is 3.69. The molecule has 0 aliphatic carbocycles. The number of hydrogen-bond donors (Lipinski definition) is 1. The molecule has 4 nitrogen and oxygen atoms in total. The molecular weight excluding hydrogens is 168 g/mol. The standard InChI is InChI=1S/C9H18N2O2/c1-3-7(2)11-4-5-13-8(6-11)9(10)12/h7-8H,3-6H2,1-2H3,(H2,10,12). The molecule has 0 radical (unpaired) electrons. The molecule has 0 aromatic rings. The Bertz CT molecular complexity index is 184. The second-order valence-corrected chi connectivity index (χ2v) is 3.51. The lowest BCUT2D eigenvalue weighted by Crippen LogP contribution is -2.51. The van der Waals surface area contributed by atoms with E-state index in [1.807, 2.05) is 0 Å². The molecule has 1 aliphatic heterocycles. The van der Waals surface area contributed by atoms with E-state index in [-0.39, 0.29) is 5.91 Å². The van der Waals surface area contributed by atoms with E-state index in [1.165, 1.54) is 0 Å². The number of hydrogen-bond acceptors (Lipinski definition) is 3. The Hall–Kier alpha value is -0.610. The molecule has 1 amide bonds. The van der Waals surface area contributed by atoms with Crippen LogP contribution in [0.5, 0.6) is 0 Å². The molecule has 0 bridgehead atoms. The lowest BCUT2D eigenvalue weighted by atomic mass is 10.1. The van der Waals surface area contributed by atoms with Gasteiger partial charge in [-0.15, -0.1) is 0 Å². The zero-order valence-corrected chi connectivity index (χ0v) is 8.32. The summed E-state index contributed by atoms with van der Waals surface area (Å²) < 4.78 is 5.25. The Morgan fingerprint density at radius 2 is 2.46 bits per heavy atom. The van der Waals surface area contributed by atoms with E-state index in [4.69, 9.17) is 10.5 Å². The lowest BCUT2D eigenvalue weighted by Gasteiger charge is -2.35. The average Bonchev–Trinajstić information content (AvgIpc) is 2.17. The Balaban J connectivity index is 2.46. The third-order valence-electron chi connectivity index (χ3n) is 2.63. The number of primary amides is 1. The summed E-state index contributed by atoms with van der Waals surface area (Å²) >= 11 is 0. The third kappa shape index (κ3) is 2.67. The first-order valence-corrected chi connectivity index (χ1v) is 4.80. The zero-order valence-electron chi connectivity index (χ0n) is 8.32. The monoisotopic (exact) mass is 186 g/mol. The molecule has 2 unspecified atom stereocenters. The van der Waals surface area contributed by atoms with Crippen LogP contribution >= 0.6 is 0 Å². The van der Waals surface area contributed by atoms with Gasteiger partial charge in [-0.25, -0.2) is 0 Å². The summed E-state index contributed by atoms with van der Waals surface area (Å²) in [6.45, 7) is 6.45. The van der Waals surface area contributed by atoms with E-state index in [9.17, 15) is 4.79 Å². The van der Waals surface area contributed by atoms with Crippen molar-refractivity contribution in [1.82, 2.24) is 4.90 Å². The number of nitrogens with zero attached hydrogens (tertiary/aromatic N) is 1. The highest BCUT2D eigenvalue weighted by atomic mass is 16.5. The summed E-state index contributed by atoms with van der Waals surface area (Å²) in [6, 6.07) is 0.505. The van der Waals surface area contributed by atoms with E-state index in [2.05, 4.69) is 18.7 Å². The van der Waals surface area contributed by atoms with Gasteiger partial charge in [0.1, 0.15) is 6.10 Å². The van der Waals surface area contributed by atoms with Crippen molar-refractivity contribution in [2.75, 3.05) is 19.7 Å². The van der Waals surface area contributed by atoms with Crippen LogP contribution < -0.4 is 5.73 Å². The second kappa shape index (κ2) is 4.58. The highest BCUT2D eigenvalue weighted by molar-refractivity contribution is 5.79. The number of nitrogens with two attached hydrogens (primary N) is 1. The van der Waals surface area contributed by atoms with Crippen LogP contribution in [0.25, 0.3) is 0 Å². The summed E-state index contributed by atoms with van der Waals surface area (Å²) in [5, 5.41) is 0. The molecular formula is C9H18N2O2. The van der Waals surface area contributed by atoms with Gasteiger partial charge in [-0.2, -0.15) is 0 Å². The van der Waals surface area contributed by atoms with Gasteiger partial charge in [-0.3, -0.25) is 9.69 Å². The van der Waals surface area contributed by atoms with Crippen LogP contribution in [0, 0.1) is 0 Å². The van der Waals surface area contributed by atoms with Gasteiger partial charge >= 0.3 is 0 Å². The normalized spacial score (nSPS) is 27.1. The van der Waals surface area contributed by atoms with Crippen molar-refractivity contribution >= 4 is 5.91 Å². The van der Waals surface area contributed by atoms with Gasteiger partial charge in [0, 0.05) is 19.1 Å². The van der Waals surface area contributed by atoms with Crippen molar-refractivity contribution in [3.05, 3.63) is 0 Å². The predicted molar refractivity (Wildman–Crippen MR) is 50.3 cm³/mol. The first-order valence-electron chi connectivity index (χ1n) is 4.80. The van der Waals surface area contributed by atoms with E-state index in [0.717, 1.165) is 13.0 Å². The average molecular weight is 186 g/mol. The molecule has 2 N–H and O–H groups in total. The molecule has 0 spiro atoms. The maximum atomic E-state index is 10.9. The largest absolute Gasteiger partial charge is 0.367 e. The first-order chi connectivity index (χ1) is 6.15. The number of amides is 1. The van der Waals surface area contributed by atoms with Crippen LogP contribution in [0.2, 0.25) is 0 Å². The Labute approximate surface area is 79.0 Å². The minimum absolute atomic E-state index is 0.354. The molecule has 76 valence electrons. The minimum Gasteiger partial charge on any atom is -0.367 e. The van der Waals surface area contributed by atoms with Crippen LogP contribution in [-0.4, -0.2) is 42.6 Å². The van der Waals surface area contributed by atoms with Crippen LogP contribution in [0.1, 0.15) is 20.3 Å². The van der Waals surface area contributed by atoms with Crippen molar-refractivity contribution in [3.8, 4) is 0 Å². The fraction of sp³-hybridized carbons (Fsp3) is 0.889. The van der Waals surface area contributed by atoms with Gasteiger partial charge in [0.15, 0.2) is 0 Å². The summed E-state index contributed by atoms with van der Waals surface area (Å²) in [6.07, 6.45) is 0.675. The van der Waals surface area contributed by atoms with Crippen LogP contribution in [-0.2, 0) is 9.53 Å². The minimum atomic E-state index is -0.414. The topological polar surface area (TPSA) is 55.6 Å². The molecule has 4 heteroatoms. The van der Waals surface area contributed by atoms with Crippen LogP contribution in [0.4, 0.5) is 0 Å². The van der Waals surface area contributed by atoms with E-state index >= 15 is 0 Å². The van der Waals surface area contributed by atoms with Crippen LogP contribution in [0.15, 0.2) is 0 Å². The maximum absolute atomic E-state index is 10.9. The number of morpholine rings is 1. The quantitative estimate of drug-likeness (QED) is 0.673. The first kappa shape index (κ1) is 10.5. The van der Waals surface area contributed by atoms with Crippen LogP contribution in [0.3, 0.4) is 0 Å². The van der Waals surface area contributed by atoms with Crippen molar-refractivity contribution in [1.29, 1.82) is 0 Å². The van der Waals surface area contributed by atoms with Crippen molar-refractivity contribution < 1.29 is 9.53 Å². The maximum Gasteiger partial charge on any atom is 0.247 e. The fourth-order valence-electron chi connectivity index (χ4n) is 1.50. The second-order valence-electron chi connectivity index (χ2n) is 3.51. The molecule has 1 aliphatic rings. The third-order valence-corrected chi connectivity index (χ3v) is 2.63. The van der Waals surface area contributed by atoms with E-state index < -0.39 is 6.10 Å². The van der Waals surface area contributed by atoms with Gasteiger partial charge < -0.3 is 10.5 Å². The number of carbonyl (C=O) groups excluding carboxylic acids is 1. The molecule has 1 fully saturated rings. The van der Waals surface area contributed by atoms with Crippen molar-refractivity contribution in [2.45, 2.75) is 32.4 Å². The zero-order chi connectivity index (χ0) is 9.84. The molecule has 2 atom stereocenters. The molecule has 0 saturated carbocycles. The van der Waals surface area contributed by atoms with Crippen molar-refractivity contribution in [3.63, 3.8) is 0 Å². The predicted octanol–water partition coefficient (Wildman–Crippen LogP) is -0.0290. The van der Waals surface area contributed by atoms with Gasteiger partial charge in [-0.1, -0.05) is 6.92 Å². The molecule has 1 heterocycles. The van der Waals surface area contributed by atoms with E-state index in [1.54, 1.807) is 0 Å². The highest BCUT2D eigenvalue weighted by Gasteiger charge is 2.26. The lowest BCUT2D eigenvalue weighted by molar-refractivity contribution is -0.136. The number of ether oxygens (including phenoxy) is 1. The summed E-state index contributed by atoms with van der Waals surface area (Å²) in [5.74, 6) is -0.354. The van der Waals surface area contributed by atoms with Gasteiger partial charge in [-0.05, 0) is 13.3 Å². The summed E-state index contributed by atoms with van der Waals surface area (Å²) in [5.41, 5.74) is 5.18. The number of carbonyl (C=O) groups is 1. The fourth-order valence-corrected chi connectivity index (χ4v) is 1.50. The smallest absolute Gasteiger partial charge is 0.247 e. The van der Waals surface area contributed by atoms with Gasteiger partial charge in [0.2, 0.25) is 5.91 Å². The molecule has 0 aromatic carbocycles. The Morgan fingerprint density at radius 3 is 3.00 bits per heavy atom. The molecule has 13 heavy (non-hydrogen) atoms. The molecule has 1 rings (SSSR count). The summed E-state index contributed by atoms with van der Waals surface area (Å²) in [7, 11) is 0. The summed E-state index contributed by atoms with van der Waals surface area (Å²) in [4.78, 5) is 13.1. The Morgan fingerprint density at radius 1 is 1.77 bits per heavy atom. The van der Waals surface area contributed by atoms with Gasteiger partial charge in [0.05, 0.1) is 6.61 Å². The molecule has 1 saturated heterocycles. The van der Waals surface area contributed by atoms with Crippen molar-refractivity contribution in [2.24, 2.45) is 5.73 Å². The highest BCUT2D eigenvalue weighted by Crippen LogP contribution is 2.10. The SMILES string of the molecule is CCC(C)N1CCOC(C(N)=O)C1. The van der Waals surface area contributed by atoms with E-state index in [0.29, 0.717) is 19.2 Å². The molecule has 0 aromatic heterocycles. The van der Waals surface area contributed by atoms with Gasteiger partial charge in [0.25, 0.3) is 0 Å². The number of rotatable bonds is 3.